The van der Waals surface area contributed by atoms with Crippen LogP contribution in [0.5, 0.6) is 0 Å². The van der Waals surface area contributed by atoms with E-state index in [4.69, 9.17) is 0 Å². The first-order chi connectivity index (χ1) is 12.2. The molecule has 2 rings (SSSR count). The molecule has 1 saturated heterocycles. The van der Waals surface area contributed by atoms with Crippen LogP contribution in [0.25, 0.3) is 0 Å². The summed E-state index contributed by atoms with van der Waals surface area (Å²) in [7, 11) is 0. The maximum Gasteiger partial charge on any atom is 0.0107 e. The lowest BCUT2D eigenvalue weighted by Gasteiger charge is -2.24. The Kier molecular flexibility index (Phi) is 9.48. The van der Waals surface area contributed by atoms with E-state index in [9.17, 15) is 0 Å². The normalized spacial score (nSPS) is 19.5. The second-order valence-corrected chi connectivity index (χ2v) is 7.43. The van der Waals surface area contributed by atoms with Gasteiger partial charge in [-0.05, 0) is 82.9 Å². The summed E-state index contributed by atoms with van der Waals surface area (Å²) in [5.41, 5.74) is 5.82. The van der Waals surface area contributed by atoms with Crippen molar-refractivity contribution >= 4 is 0 Å². The zero-order valence-electron chi connectivity index (χ0n) is 16.6. The quantitative estimate of drug-likeness (QED) is 0.783. The van der Waals surface area contributed by atoms with Crippen molar-refractivity contribution in [3.8, 4) is 0 Å². The minimum Gasteiger partial charge on any atom is -0.315 e. The molecular weight excluding hydrogens is 308 g/mol. The van der Waals surface area contributed by atoms with Crippen LogP contribution in [0.15, 0.2) is 12.1 Å². The van der Waals surface area contributed by atoms with Gasteiger partial charge in [0, 0.05) is 32.7 Å². The number of benzene rings is 1. The highest BCUT2D eigenvalue weighted by atomic mass is 15.1. The van der Waals surface area contributed by atoms with Gasteiger partial charge in [0.15, 0.2) is 0 Å². The summed E-state index contributed by atoms with van der Waals surface area (Å²) in [5.74, 6) is 0. The number of hydrogen-bond donors (Lipinski definition) is 3. The standard InChI is InChI=1S/C21H38N4/c1-18-16-19(2)21(20(3)17-18)6-14-25-13-5-9-23-11-10-22-7-4-8-24-12-15-25/h16-17,22-24H,4-15H2,1-3H3. The van der Waals surface area contributed by atoms with Crippen LogP contribution in [0.4, 0.5) is 0 Å². The Hall–Kier alpha value is -0.940. The molecule has 25 heavy (non-hydrogen) atoms. The number of nitrogens with zero attached hydrogens (tertiary/aromatic N) is 1. The topological polar surface area (TPSA) is 39.3 Å². The van der Waals surface area contributed by atoms with Crippen LogP contribution < -0.4 is 16.0 Å². The minimum atomic E-state index is 1.08. The van der Waals surface area contributed by atoms with Crippen molar-refractivity contribution in [2.24, 2.45) is 0 Å². The Labute approximate surface area is 154 Å². The van der Waals surface area contributed by atoms with Crippen LogP contribution in [0, 0.1) is 20.8 Å². The second-order valence-electron chi connectivity index (χ2n) is 7.43. The van der Waals surface area contributed by atoms with Crippen LogP contribution in [-0.4, -0.2) is 63.8 Å². The number of aryl methyl sites for hydroxylation is 3. The lowest BCUT2D eigenvalue weighted by molar-refractivity contribution is 0.270. The van der Waals surface area contributed by atoms with Crippen LogP contribution in [0.2, 0.25) is 0 Å². The molecule has 0 aromatic heterocycles. The Morgan fingerprint density at radius 2 is 1.36 bits per heavy atom. The van der Waals surface area contributed by atoms with Gasteiger partial charge < -0.3 is 20.9 Å². The maximum atomic E-state index is 3.60. The molecule has 1 aromatic rings. The second kappa shape index (κ2) is 11.6. The fraction of sp³-hybridized carbons (Fsp3) is 0.714. The molecule has 0 radical (unpaired) electrons. The molecule has 0 unspecified atom stereocenters. The summed E-state index contributed by atoms with van der Waals surface area (Å²) >= 11 is 0. The monoisotopic (exact) mass is 346 g/mol. The summed E-state index contributed by atoms with van der Waals surface area (Å²) in [6, 6.07) is 4.65. The van der Waals surface area contributed by atoms with Crippen molar-refractivity contribution < 1.29 is 0 Å². The van der Waals surface area contributed by atoms with Gasteiger partial charge in [-0.25, -0.2) is 0 Å². The van der Waals surface area contributed by atoms with Crippen LogP contribution >= 0.6 is 0 Å². The maximum absolute atomic E-state index is 3.60. The molecule has 0 amide bonds. The van der Waals surface area contributed by atoms with E-state index in [1.807, 2.05) is 0 Å². The molecule has 1 heterocycles. The van der Waals surface area contributed by atoms with E-state index >= 15 is 0 Å². The molecule has 1 aliphatic rings. The number of hydrogen-bond acceptors (Lipinski definition) is 4. The zero-order valence-corrected chi connectivity index (χ0v) is 16.6. The van der Waals surface area contributed by atoms with E-state index in [0.717, 1.165) is 58.8 Å². The van der Waals surface area contributed by atoms with Gasteiger partial charge in [-0.15, -0.1) is 0 Å². The van der Waals surface area contributed by atoms with E-state index in [1.165, 1.54) is 36.1 Å². The molecule has 0 aliphatic carbocycles. The molecule has 0 bridgehead atoms. The van der Waals surface area contributed by atoms with Gasteiger partial charge in [-0.3, -0.25) is 0 Å². The van der Waals surface area contributed by atoms with Crippen molar-refractivity contribution in [3.63, 3.8) is 0 Å². The third kappa shape index (κ3) is 7.87. The van der Waals surface area contributed by atoms with Gasteiger partial charge in [0.25, 0.3) is 0 Å². The third-order valence-corrected chi connectivity index (χ3v) is 5.14. The average molecular weight is 347 g/mol. The van der Waals surface area contributed by atoms with E-state index in [-0.39, 0.29) is 0 Å². The van der Waals surface area contributed by atoms with Crippen molar-refractivity contribution in [1.29, 1.82) is 0 Å². The summed E-state index contributed by atoms with van der Waals surface area (Å²) < 4.78 is 0. The predicted molar refractivity (Wildman–Crippen MR) is 109 cm³/mol. The average Bonchev–Trinajstić information content (AvgIpc) is 2.56. The lowest BCUT2D eigenvalue weighted by Crippen LogP contribution is -2.37. The first-order valence-electron chi connectivity index (χ1n) is 10.1. The van der Waals surface area contributed by atoms with E-state index in [2.05, 4.69) is 53.8 Å². The molecule has 0 spiro atoms. The van der Waals surface area contributed by atoms with E-state index in [0.29, 0.717) is 0 Å². The van der Waals surface area contributed by atoms with Crippen molar-refractivity contribution in [2.75, 3.05) is 58.9 Å². The summed E-state index contributed by atoms with van der Waals surface area (Å²) in [6.07, 6.45) is 3.60. The molecule has 4 heteroatoms. The molecule has 1 fully saturated rings. The summed E-state index contributed by atoms with van der Waals surface area (Å²) in [5, 5.41) is 10.6. The van der Waals surface area contributed by atoms with Crippen LogP contribution in [-0.2, 0) is 6.42 Å². The molecular formula is C21H38N4. The lowest BCUT2D eigenvalue weighted by atomic mass is 9.97. The third-order valence-electron chi connectivity index (χ3n) is 5.14. The molecule has 1 aromatic carbocycles. The zero-order chi connectivity index (χ0) is 17.9. The first-order valence-corrected chi connectivity index (χ1v) is 10.1. The van der Waals surface area contributed by atoms with Crippen LogP contribution in [0.1, 0.15) is 35.1 Å². The van der Waals surface area contributed by atoms with Crippen LogP contribution in [0.3, 0.4) is 0 Å². The summed E-state index contributed by atoms with van der Waals surface area (Å²) in [4.78, 5) is 2.64. The van der Waals surface area contributed by atoms with Gasteiger partial charge in [0.2, 0.25) is 0 Å². The largest absolute Gasteiger partial charge is 0.315 e. The van der Waals surface area contributed by atoms with Gasteiger partial charge in [-0.2, -0.15) is 0 Å². The summed E-state index contributed by atoms with van der Waals surface area (Å²) in [6.45, 7) is 16.8. The Morgan fingerprint density at radius 3 is 2.04 bits per heavy atom. The molecule has 3 N–H and O–H groups in total. The molecule has 142 valence electrons. The number of rotatable bonds is 3. The van der Waals surface area contributed by atoms with Crippen molar-refractivity contribution in [2.45, 2.75) is 40.0 Å². The van der Waals surface area contributed by atoms with Gasteiger partial charge in [0.05, 0.1) is 0 Å². The SMILES string of the molecule is Cc1cc(C)c(CCN2CCCNCCNCCCNCC2)c(C)c1. The van der Waals surface area contributed by atoms with Gasteiger partial charge in [-0.1, -0.05) is 17.7 Å². The van der Waals surface area contributed by atoms with Crippen molar-refractivity contribution in [1.82, 2.24) is 20.9 Å². The molecule has 1 aliphatic heterocycles. The smallest absolute Gasteiger partial charge is 0.0107 e. The Bertz CT molecular complexity index is 464. The van der Waals surface area contributed by atoms with Gasteiger partial charge >= 0.3 is 0 Å². The Balaban J connectivity index is 1.85. The fourth-order valence-electron chi connectivity index (χ4n) is 3.76. The first kappa shape index (κ1) is 20.4. The molecule has 0 atom stereocenters. The fourth-order valence-corrected chi connectivity index (χ4v) is 3.76. The number of nitrogens with one attached hydrogen (secondary N) is 3. The van der Waals surface area contributed by atoms with E-state index < -0.39 is 0 Å². The van der Waals surface area contributed by atoms with Crippen molar-refractivity contribution in [3.05, 3.63) is 34.4 Å². The highest BCUT2D eigenvalue weighted by Crippen LogP contribution is 2.17. The minimum absolute atomic E-state index is 1.08. The highest BCUT2D eigenvalue weighted by Gasteiger charge is 2.09. The molecule has 0 saturated carbocycles. The van der Waals surface area contributed by atoms with Gasteiger partial charge in [0.1, 0.15) is 0 Å². The molecule has 4 nitrogen and oxygen atoms in total. The van der Waals surface area contributed by atoms with E-state index in [1.54, 1.807) is 5.56 Å². The Morgan fingerprint density at radius 1 is 0.760 bits per heavy atom. The highest BCUT2D eigenvalue weighted by molar-refractivity contribution is 5.37. The predicted octanol–water partition coefficient (Wildman–Crippen LogP) is 2.02.